The molecule has 0 atom stereocenters. The van der Waals surface area contributed by atoms with Crippen LogP contribution in [0.25, 0.3) is 0 Å². The standard InChI is InChI=1S/C19H26F2N2O2/c1-25-16-9-8-15(20)17(18(16)21)19(24)23-11-5-10-22(12-13-23)14-6-3-2-4-7-14/h8-9,14H,2-7,10-13H2,1H3. The lowest BCUT2D eigenvalue weighted by molar-refractivity contribution is 0.0744. The highest BCUT2D eigenvalue weighted by Gasteiger charge is 2.29. The lowest BCUT2D eigenvalue weighted by Gasteiger charge is -2.33. The van der Waals surface area contributed by atoms with Crippen molar-refractivity contribution in [2.45, 2.75) is 44.6 Å². The van der Waals surface area contributed by atoms with Crippen molar-refractivity contribution >= 4 is 5.91 Å². The minimum absolute atomic E-state index is 0.108. The van der Waals surface area contributed by atoms with Crippen LogP contribution >= 0.6 is 0 Å². The molecule has 138 valence electrons. The number of hydrogen-bond acceptors (Lipinski definition) is 3. The van der Waals surface area contributed by atoms with Crippen molar-refractivity contribution in [3.63, 3.8) is 0 Å². The van der Waals surface area contributed by atoms with Gasteiger partial charge >= 0.3 is 0 Å². The number of halogens is 2. The van der Waals surface area contributed by atoms with Gasteiger partial charge in [-0.05, 0) is 31.4 Å². The normalized spacial score (nSPS) is 20.4. The Morgan fingerprint density at radius 2 is 1.80 bits per heavy atom. The van der Waals surface area contributed by atoms with E-state index in [2.05, 4.69) is 4.90 Å². The molecule has 1 amide bonds. The molecule has 1 saturated heterocycles. The van der Waals surface area contributed by atoms with E-state index in [4.69, 9.17) is 4.74 Å². The Kier molecular flexibility index (Phi) is 5.89. The highest BCUT2D eigenvalue weighted by atomic mass is 19.1. The predicted octanol–water partition coefficient (Wildman–Crippen LogP) is 3.45. The van der Waals surface area contributed by atoms with E-state index < -0.39 is 23.1 Å². The fourth-order valence-corrected chi connectivity index (χ4v) is 4.00. The number of ether oxygens (including phenoxy) is 1. The first-order chi connectivity index (χ1) is 12.1. The average Bonchev–Trinajstić information content (AvgIpc) is 2.89. The van der Waals surface area contributed by atoms with Gasteiger partial charge in [0.25, 0.3) is 5.91 Å². The molecule has 4 nitrogen and oxygen atoms in total. The molecule has 6 heteroatoms. The van der Waals surface area contributed by atoms with Crippen molar-refractivity contribution in [1.82, 2.24) is 9.80 Å². The van der Waals surface area contributed by atoms with Gasteiger partial charge in [0.05, 0.1) is 7.11 Å². The Balaban J connectivity index is 1.71. The van der Waals surface area contributed by atoms with E-state index in [1.165, 1.54) is 45.3 Å². The molecular weight excluding hydrogens is 326 g/mol. The minimum atomic E-state index is -0.916. The number of rotatable bonds is 3. The average molecular weight is 352 g/mol. The summed E-state index contributed by atoms with van der Waals surface area (Å²) in [7, 11) is 1.30. The second kappa shape index (κ2) is 8.13. The van der Waals surface area contributed by atoms with Crippen molar-refractivity contribution in [2.24, 2.45) is 0 Å². The van der Waals surface area contributed by atoms with Crippen LogP contribution in [0.15, 0.2) is 12.1 Å². The molecule has 1 aromatic carbocycles. The van der Waals surface area contributed by atoms with E-state index in [1.807, 2.05) is 0 Å². The molecular formula is C19H26F2N2O2. The highest BCUT2D eigenvalue weighted by molar-refractivity contribution is 5.95. The van der Waals surface area contributed by atoms with Crippen molar-refractivity contribution < 1.29 is 18.3 Å². The molecule has 0 aromatic heterocycles. The molecule has 2 fully saturated rings. The second-order valence-corrected chi connectivity index (χ2v) is 6.91. The van der Waals surface area contributed by atoms with Crippen LogP contribution in [0.3, 0.4) is 0 Å². The summed E-state index contributed by atoms with van der Waals surface area (Å²) in [6, 6.07) is 2.88. The van der Waals surface area contributed by atoms with Gasteiger partial charge in [-0.1, -0.05) is 19.3 Å². The summed E-state index contributed by atoms with van der Waals surface area (Å²) in [5.74, 6) is -2.44. The lowest BCUT2D eigenvalue weighted by atomic mass is 9.94. The number of hydrogen-bond donors (Lipinski definition) is 0. The molecule has 0 unspecified atom stereocenters. The number of amides is 1. The molecule has 1 saturated carbocycles. The Hall–Kier alpha value is -1.69. The number of methoxy groups -OCH3 is 1. The van der Waals surface area contributed by atoms with Crippen LogP contribution in [-0.2, 0) is 0 Å². The molecule has 1 aliphatic carbocycles. The van der Waals surface area contributed by atoms with Crippen LogP contribution in [-0.4, -0.2) is 55.0 Å². The molecule has 3 rings (SSSR count). The van der Waals surface area contributed by atoms with Crippen LogP contribution in [0.1, 0.15) is 48.9 Å². The quantitative estimate of drug-likeness (QED) is 0.835. The van der Waals surface area contributed by atoms with E-state index in [1.54, 1.807) is 4.90 Å². The van der Waals surface area contributed by atoms with Crippen LogP contribution in [0.2, 0.25) is 0 Å². The molecule has 0 radical (unpaired) electrons. The van der Waals surface area contributed by atoms with Gasteiger partial charge in [-0.15, -0.1) is 0 Å². The van der Waals surface area contributed by atoms with Crippen molar-refractivity contribution in [1.29, 1.82) is 0 Å². The molecule has 0 N–H and O–H groups in total. The van der Waals surface area contributed by atoms with Crippen LogP contribution < -0.4 is 4.74 Å². The number of benzene rings is 1. The summed E-state index contributed by atoms with van der Waals surface area (Å²) in [5, 5.41) is 0. The third kappa shape index (κ3) is 3.94. The molecule has 2 aliphatic rings. The maximum Gasteiger partial charge on any atom is 0.260 e. The van der Waals surface area contributed by atoms with Gasteiger partial charge < -0.3 is 9.64 Å². The molecule has 25 heavy (non-hydrogen) atoms. The SMILES string of the molecule is COc1ccc(F)c(C(=O)N2CCCN(C3CCCCC3)CC2)c1F. The topological polar surface area (TPSA) is 32.8 Å². The lowest BCUT2D eigenvalue weighted by Crippen LogP contribution is -2.40. The second-order valence-electron chi connectivity index (χ2n) is 6.91. The first-order valence-corrected chi connectivity index (χ1v) is 9.17. The monoisotopic (exact) mass is 352 g/mol. The van der Waals surface area contributed by atoms with Crippen molar-refractivity contribution in [2.75, 3.05) is 33.3 Å². The van der Waals surface area contributed by atoms with Crippen LogP contribution in [0, 0.1) is 11.6 Å². The van der Waals surface area contributed by atoms with Crippen LogP contribution in [0.5, 0.6) is 5.75 Å². The van der Waals surface area contributed by atoms with Crippen LogP contribution in [0.4, 0.5) is 8.78 Å². The highest BCUT2D eigenvalue weighted by Crippen LogP contribution is 2.26. The van der Waals surface area contributed by atoms with Gasteiger partial charge in [0, 0.05) is 32.2 Å². The van der Waals surface area contributed by atoms with E-state index in [0.29, 0.717) is 19.1 Å². The van der Waals surface area contributed by atoms with E-state index in [-0.39, 0.29) is 5.75 Å². The fourth-order valence-electron chi connectivity index (χ4n) is 4.00. The molecule has 1 heterocycles. The number of carbonyl (C=O) groups excluding carboxylic acids is 1. The van der Waals surface area contributed by atoms with Gasteiger partial charge in [0.2, 0.25) is 0 Å². The summed E-state index contributed by atoms with van der Waals surface area (Å²) in [6.45, 7) is 2.74. The van der Waals surface area contributed by atoms with Gasteiger partial charge in [-0.3, -0.25) is 9.69 Å². The summed E-state index contributed by atoms with van der Waals surface area (Å²) in [4.78, 5) is 16.7. The molecule has 1 aliphatic heterocycles. The zero-order chi connectivity index (χ0) is 17.8. The maximum absolute atomic E-state index is 14.4. The van der Waals surface area contributed by atoms with Gasteiger partial charge in [0.1, 0.15) is 11.4 Å². The summed E-state index contributed by atoms with van der Waals surface area (Å²) < 4.78 is 33.4. The summed E-state index contributed by atoms with van der Waals surface area (Å²) in [5.41, 5.74) is -0.509. The Morgan fingerprint density at radius 3 is 2.52 bits per heavy atom. The molecule has 1 aromatic rings. The molecule has 0 bridgehead atoms. The van der Waals surface area contributed by atoms with E-state index in [0.717, 1.165) is 25.6 Å². The Labute approximate surface area is 147 Å². The largest absolute Gasteiger partial charge is 0.494 e. The smallest absolute Gasteiger partial charge is 0.260 e. The first-order valence-electron chi connectivity index (χ1n) is 9.17. The van der Waals surface area contributed by atoms with E-state index >= 15 is 0 Å². The zero-order valence-corrected chi connectivity index (χ0v) is 14.8. The zero-order valence-electron chi connectivity index (χ0n) is 14.8. The third-order valence-electron chi connectivity index (χ3n) is 5.40. The van der Waals surface area contributed by atoms with Gasteiger partial charge in [0.15, 0.2) is 11.6 Å². The van der Waals surface area contributed by atoms with Crippen molar-refractivity contribution in [3.05, 3.63) is 29.3 Å². The number of carbonyl (C=O) groups is 1. The fraction of sp³-hybridized carbons (Fsp3) is 0.632. The Bertz CT molecular complexity index is 618. The summed E-state index contributed by atoms with van der Waals surface area (Å²) in [6.07, 6.45) is 7.10. The van der Waals surface area contributed by atoms with Gasteiger partial charge in [-0.25, -0.2) is 8.78 Å². The van der Waals surface area contributed by atoms with Crippen molar-refractivity contribution in [3.8, 4) is 5.75 Å². The third-order valence-corrected chi connectivity index (χ3v) is 5.40. The van der Waals surface area contributed by atoms with Gasteiger partial charge in [-0.2, -0.15) is 0 Å². The summed E-state index contributed by atoms with van der Waals surface area (Å²) >= 11 is 0. The predicted molar refractivity (Wildman–Crippen MR) is 91.9 cm³/mol. The number of nitrogens with zero attached hydrogens (tertiary/aromatic N) is 2. The Morgan fingerprint density at radius 1 is 1.04 bits per heavy atom. The maximum atomic E-state index is 14.4. The minimum Gasteiger partial charge on any atom is -0.494 e. The van der Waals surface area contributed by atoms with E-state index in [9.17, 15) is 13.6 Å². The molecule has 0 spiro atoms. The first kappa shape index (κ1) is 18.1.